The zero-order chi connectivity index (χ0) is 10.8. The molecule has 0 saturated heterocycles. The van der Waals surface area contributed by atoms with Crippen LogP contribution < -0.4 is 5.32 Å². The van der Waals surface area contributed by atoms with Crippen LogP contribution in [0.2, 0.25) is 0 Å². The van der Waals surface area contributed by atoms with Gasteiger partial charge in [-0.05, 0) is 28.9 Å². The summed E-state index contributed by atoms with van der Waals surface area (Å²) in [5, 5.41) is 6.20. The monoisotopic (exact) mass is 270 g/mol. The summed E-state index contributed by atoms with van der Waals surface area (Å²) in [7, 11) is 0. The third kappa shape index (κ3) is 2.10. The lowest BCUT2D eigenvalue weighted by Gasteiger charge is -1.97. The first-order valence-electron chi connectivity index (χ1n) is 4.14. The molecular formula is C9H7BrN2O3. The normalized spacial score (nSPS) is 10.3. The summed E-state index contributed by atoms with van der Waals surface area (Å²) < 4.78 is 10.2. The first-order valence-corrected chi connectivity index (χ1v) is 4.94. The highest BCUT2D eigenvalue weighted by molar-refractivity contribution is 9.10. The number of aromatic nitrogens is 1. The predicted molar refractivity (Wildman–Crippen MR) is 55.6 cm³/mol. The average molecular weight is 271 g/mol. The van der Waals surface area contributed by atoms with Crippen molar-refractivity contribution in [1.29, 1.82) is 0 Å². The molecule has 0 spiro atoms. The van der Waals surface area contributed by atoms with E-state index in [1.807, 2.05) is 0 Å². The highest BCUT2D eigenvalue weighted by Gasteiger charge is 2.14. The predicted octanol–water partition coefficient (Wildman–Crippen LogP) is 2.59. The fourth-order valence-corrected chi connectivity index (χ4v) is 1.48. The number of nitrogens with zero attached hydrogens (tertiary/aromatic N) is 1. The Morgan fingerprint density at radius 1 is 1.60 bits per heavy atom. The molecule has 0 aliphatic carbocycles. The van der Waals surface area contributed by atoms with Crippen molar-refractivity contribution >= 4 is 27.7 Å². The van der Waals surface area contributed by atoms with E-state index in [0.29, 0.717) is 21.8 Å². The maximum atomic E-state index is 11.6. The molecule has 0 saturated carbocycles. The summed E-state index contributed by atoms with van der Waals surface area (Å²) in [5.74, 6) is -0.00243. The number of furan rings is 1. The number of hydrogen-bond acceptors (Lipinski definition) is 4. The van der Waals surface area contributed by atoms with Gasteiger partial charge in [0.05, 0.1) is 17.5 Å². The Labute approximate surface area is 93.6 Å². The molecule has 0 aliphatic rings. The van der Waals surface area contributed by atoms with Crippen molar-refractivity contribution in [2.75, 3.05) is 5.32 Å². The molecule has 15 heavy (non-hydrogen) atoms. The van der Waals surface area contributed by atoms with Crippen molar-refractivity contribution in [1.82, 2.24) is 5.16 Å². The maximum Gasteiger partial charge on any atom is 0.262 e. The molecule has 0 bridgehead atoms. The molecule has 1 amide bonds. The van der Waals surface area contributed by atoms with Gasteiger partial charge in [0.15, 0.2) is 4.67 Å². The molecule has 0 aliphatic heterocycles. The Kier molecular flexibility index (Phi) is 2.59. The number of carbonyl (C=O) groups is 1. The Morgan fingerprint density at radius 3 is 2.93 bits per heavy atom. The van der Waals surface area contributed by atoms with Crippen LogP contribution in [0.4, 0.5) is 5.88 Å². The highest BCUT2D eigenvalue weighted by Crippen LogP contribution is 2.19. The number of aryl methyl sites for hydroxylation is 1. The average Bonchev–Trinajstić information content (AvgIpc) is 2.75. The van der Waals surface area contributed by atoms with Gasteiger partial charge in [0.2, 0.25) is 5.88 Å². The summed E-state index contributed by atoms with van der Waals surface area (Å²) in [6.07, 6.45) is 1.42. The van der Waals surface area contributed by atoms with Crippen molar-refractivity contribution in [3.63, 3.8) is 0 Å². The fraction of sp³-hybridized carbons (Fsp3) is 0.111. The lowest BCUT2D eigenvalue weighted by Crippen LogP contribution is -2.10. The Bertz CT molecular complexity index is 489. The molecule has 2 aromatic rings. The van der Waals surface area contributed by atoms with Gasteiger partial charge < -0.3 is 8.94 Å². The number of hydrogen-bond donors (Lipinski definition) is 1. The number of halogens is 1. The van der Waals surface area contributed by atoms with Crippen molar-refractivity contribution < 1.29 is 13.7 Å². The minimum Gasteiger partial charge on any atom is -0.457 e. The molecule has 0 unspecified atom stereocenters. The van der Waals surface area contributed by atoms with Crippen LogP contribution in [0.5, 0.6) is 0 Å². The van der Waals surface area contributed by atoms with Crippen LogP contribution in [0.15, 0.2) is 32.0 Å². The molecule has 2 aromatic heterocycles. The van der Waals surface area contributed by atoms with Crippen LogP contribution in [0, 0.1) is 6.92 Å². The zero-order valence-corrected chi connectivity index (χ0v) is 9.37. The first-order chi connectivity index (χ1) is 7.16. The van der Waals surface area contributed by atoms with E-state index < -0.39 is 0 Å². The Balaban J connectivity index is 2.14. The van der Waals surface area contributed by atoms with E-state index in [0.717, 1.165) is 0 Å². The summed E-state index contributed by atoms with van der Waals surface area (Å²) >= 11 is 3.11. The van der Waals surface area contributed by atoms with Crippen LogP contribution in [-0.4, -0.2) is 11.1 Å². The number of rotatable bonds is 2. The topological polar surface area (TPSA) is 68.3 Å². The molecule has 0 aromatic carbocycles. The van der Waals surface area contributed by atoms with Gasteiger partial charge in [-0.15, -0.1) is 0 Å². The molecule has 0 atom stereocenters. The molecule has 1 N–H and O–H groups in total. The van der Waals surface area contributed by atoms with E-state index in [1.165, 1.54) is 6.26 Å². The van der Waals surface area contributed by atoms with Gasteiger partial charge in [0, 0.05) is 6.07 Å². The highest BCUT2D eigenvalue weighted by atomic mass is 79.9. The first kappa shape index (κ1) is 9.97. The minimum absolute atomic E-state index is 0.311. The van der Waals surface area contributed by atoms with Gasteiger partial charge in [-0.3, -0.25) is 10.1 Å². The fourth-order valence-electron chi connectivity index (χ4n) is 1.06. The number of anilines is 1. The molecule has 0 fully saturated rings. The zero-order valence-electron chi connectivity index (χ0n) is 7.78. The van der Waals surface area contributed by atoms with E-state index in [2.05, 4.69) is 26.4 Å². The third-order valence-electron chi connectivity index (χ3n) is 1.73. The summed E-state index contributed by atoms with van der Waals surface area (Å²) in [6, 6.07) is 3.19. The third-order valence-corrected chi connectivity index (χ3v) is 2.34. The van der Waals surface area contributed by atoms with Crippen LogP contribution in [-0.2, 0) is 0 Å². The van der Waals surface area contributed by atoms with Crippen molar-refractivity contribution in [3.8, 4) is 0 Å². The van der Waals surface area contributed by atoms with E-state index >= 15 is 0 Å². The molecule has 6 heteroatoms. The Hall–Kier alpha value is -1.56. The van der Waals surface area contributed by atoms with Crippen molar-refractivity contribution in [2.24, 2.45) is 0 Å². The van der Waals surface area contributed by atoms with Gasteiger partial charge in [0.1, 0.15) is 0 Å². The molecular weight excluding hydrogens is 264 g/mol. The van der Waals surface area contributed by atoms with E-state index in [9.17, 15) is 4.79 Å². The second-order valence-corrected chi connectivity index (χ2v) is 3.61. The molecule has 78 valence electrons. The molecule has 2 rings (SSSR count). The van der Waals surface area contributed by atoms with Gasteiger partial charge in [-0.2, -0.15) is 0 Å². The van der Waals surface area contributed by atoms with Crippen LogP contribution >= 0.6 is 15.9 Å². The number of carbonyl (C=O) groups excluding carboxylic acids is 1. The molecule has 5 nitrogen and oxygen atoms in total. The SMILES string of the molecule is Cc1cc(NC(=O)c2ccoc2Br)on1. The second-order valence-electron chi connectivity index (χ2n) is 2.89. The number of amides is 1. The second kappa shape index (κ2) is 3.90. The molecule has 0 radical (unpaired) electrons. The van der Waals surface area contributed by atoms with Crippen LogP contribution in [0.25, 0.3) is 0 Å². The van der Waals surface area contributed by atoms with Crippen LogP contribution in [0.1, 0.15) is 16.1 Å². The quantitative estimate of drug-likeness (QED) is 0.911. The van der Waals surface area contributed by atoms with E-state index in [1.54, 1.807) is 19.1 Å². The lowest BCUT2D eigenvalue weighted by molar-refractivity contribution is 0.102. The Morgan fingerprint density at radius 2 is 2.40 bits per heavy atom. The van der Waals surface area contributed by atoms with Crippen LogP contribution in [0.3, 0.4) is 0 Å². The summed E-state index contributed by atoms with van der Waals surface area (Å²) in [5.41, 5.74) is 1.11. The van der Waals surface area contributed by atoms with Gasteiger partial charge in [-0.1, -0.05) is 5.16 Å². The van der Waals surface area contributed by atoms with Crippen molar-refractivity contribution in [2.45, 2.75) is 6.92 Å². The summed E-state index contributed by atoms with van der Waals surface area (Å²) in [4.78, 5) is 11.6. The minimum atomic E-state index is -0.313. The maximum absolute atomic E-state index is 11.6. The van der Waals surface area contributed by atoms with Gasteiger partial charge in [0.25, 0.3) is 5.91 Å². The lowest BCUT2D eigenvalue weighted by atomic mass is 10.3. The van der Waals surface area contributed by atoms with E-state index in [4.69, 9.17) is 8.94 Å². The summed E-state index contributed by atoms with van der Waals surface area (Å²) in [6.45, 7) is 1.77. The van der Waals surface area contributed by atoms with Gasteiger partial charge in [-0.25, -0.2) is 0 Å². The molecule has 2 heterocycles. The smallest absolute Gasteiger partial charge is 0.262 e. The van der Waals surface area contributed by atoms with Gasteiger partial charge >= 0.3 is 0 Å². The van der Waals surface area contributed by atoms with E-state index in [-0.39, 0.29) is 5.91 Å². The van der Waals surface area contributed by atoms with Crippen molar-refractivity contribution in [3.05, 3.63) is 34.3 Å². The standard InChI is InChI=1S/C9H7BrN2O3/c1-5-4-7(15-12-5)11-9(13)6-2-3-14-8(6)10/h2-4H,1H3,(H,11,13). The number of nitrogens with one attached hydrogen (secondary N) is 1. The largest absolute Gasteiger partial charge is 0.457 e.